The maximum Gasteiger partial charge on any atom is 0.191 e. The molecule has 7 heteroatoms. The van der Waals surface area contributed by atoms with E-state index in [4.69, 9.17) is 4.74 Å². The zero-order valence-corrected chi connectivity index (χ0v) is 15.8. The second-order valence-corrected chi connectivity index (χ2v) is 7.21. The van der Waals surface area contributed by atoms with E-state index < -0.39 is 0 Å². The second kappa shape index (κ2) is 10.9. The molecule has 0 radical (unpaired) electrons. The Balaban J connectivity index is 1.75. The van der Waals surface area contributed by atoms with Gasteiger partial charge in [-0.1, -0.05) is 23.9 Å². The van der Waals surface area contributed by atoms with E-state index in [1.54, 1.807) is 30.2 Å². The van der Waals surface area contributed by atoms with Gasteiger partial charge in [0.15, 0.2) is 5.96 Å². The van der Waals surface area contributed by atoms with Crippen molar-refractivity contribution in [1.82, 2.24) is 15.6 Å². The predicted molar refractivity (Wildman–Crippen MR) is 103 cm³/mol. The smallest absolute Gasteiger partial charge is 0.191 e. The van der Waals surface area contributed by atoms with Crippen LogP contribution in [0.25, 0.3) is 0 Å². The summed E-state index contributed by atoms with van der Waals surface area (Å²) in [6.07, 6.45) is 2.91. The molecule has 0 saturated heterocycles. The fraction of sp³-hybridized carbons (Fsp3) is 0.412. The Morgan fingerprint density at radius 2 is 2.29 bits per heavy atom. The Kier molecular flexibility index (Phi) is 8.48. The number of benzene rings is 1. The van der Waals surface area contributed by atoms with Crippen LogP contribution in [0.2, 0.25) is 0 Å². The molecule has 0 bridgehead atoms. The topological polar surface area (TPSA) is 58.5 Å². The van der Waals surface area contributed by atoms with Gasteiger partial charge in [0.2, 0.25) is 0 Å². The van der Waals surface area contributed by atoms with Crippen LogP contribution in [0.5, 0.6) is 5.75 Å². The monoisotopic (exact) mass is 364 g/mol. The molecule has 2 N–H and O–H groups in total. The number of nitrogens with one attached hydrogen (secondary N) is 2. The molecule has 0 aliphatic carbocycles. The van der Waals surface area contributed by atoms with Crippen molar-refractivity contribution >= 4 is 29.1 Å². The maximum atomic E-state index is 5.25. The van der Waals surface area contributed by atoms with Crippen molar-refractivity contribution in [2.45, 2.75) is 24.2 Å². The lowest BCUT2D eigenvalue weighted by Gasteiger charge is -2.11. The summed E-state index contributed by atoms with van der Waals surface area (Å²) in [5.74, 6) is 2.76. The highest BCUT2D eigenvalue weighted by atomic mass is 32.2. The number of hydrogen-bond acceptors (Lipinski definition) is 5. The van der Waals surface area contributed by atoms with Gasteiger partial charge in [0.05, 0.1) is 13.7 Å². The lowest BCUT2D eigenvalue weighted by atomic mass is 10.2. The fourth-order valence-electron chi connectivity index (χ4n) is 2.00. The van der Waals surface area contributed by atoms with Crippen LogP contribution in [0.15, 0.2) is 45.2 Å². The largest absolute Gasteiger partial charge is 0.497 e. The normalized spacial score (nSPS) is 11.3. The lowest BCUT2D eigenvalue weighted by Crippen LogP contribution is -2.37. The minimum atomic E-state index is 0.625. The summed E-state index contributed by atoms with van der Waals surface area (Å²) in [5, 5.41) is 8.66. The molecule has 0 saturated carbocycles. The van der Waals surface area contributed by atoms with Gasteiger partial charge >= 0.3 is 0 Å². The van der Waals surface area contributed by atoms with Crippen LogP contribution in [0, 0.1) is 0 Å². The van der Waals surface area contributed by atoms with Crippen LogP contribution in [-0.4, -0.2) is 36.9 Å². The third-order valence-corrected chi connectivity index (χ3v) is 5.20. The number of thiazole rings is 1. The Hall–Kier alpha value is -1.73. The molecular formula is C17H24N4OS2. The lowest BCUT2D eigenvalue weighted by molar-refractivity contribution is 0.414. The number of nitrogens with zero attached hydrogens (tertiary/aromatic N) is 2. The number of guanidine groups is 1. The minimum Gasteiger partial charge on any atom is -0.497 e. The van der Waals surface area contributed by atoms with E-state index in [9.17, 15) is 0 Å². The molecule has 2 aromatic rings. The van der Waals surface area contributed by atoms with Crippen molar-refractivity contribution < 1.29 is 4.74 Å². The maximum absolute atomic E-state index is 5.25. The first kappa shape index (κ1) is 18.6. The number of thioether (sulfide) groups is 1. The Morgan fingerprint density at radius 3 is 3.04 bits per heavy atom. The van der Waals surface area contributed by atoms with Crippen LogP contribution >= 0.6 is 23.1 Å². The highest BCUT2D eigenvalue weighted by molar-refractivity contribution is 8.00. The first-order valence-electron chi connectivity index (χ1n) is 7.99. The van der Waals surface area contributed by atoms with Crippen molar-refractivity contribution in [1.29, 1.82) is 0 Å². The molecule has 0 aliphatic rings. The van der Waals surface area contributed by atoms with E-state index in [-0.39, 0.29) is 0 Å². The number of methoxy groups -OCH3 is 1. The molecule has 0 atom stereocenters. The number of ether oxygens (including phenoxy) is 1. The van der Waals surface area contributed by atoms with Gasteiger partial charge < -0.3 is 15.4 Å². The molecule has 0 unspecified atom stereocenters. The van der Waals surface area contributed by atoms with Gasteiger partial charge in [0.25, 0.3) is 0 Å². The van der Waals surface area contributed by atoms with E-state index in [1.807, 2.05) is 29.8 Å². The van der Waals surface area contributed by atoms with Crippen molar-refractivity contribution in [3.05, 3.63) is 41.4 Å². The van der Waals surface area contributed by atoms with Gasteiger partial charge in [-0.05, 0) is 31.0 Å². The minimum absolute atomic E-state index is 0.625. The van der Waals surface area contributed by atoms with Gasteiger partial charge in [-0.2, -0.15) is 0 Å². The summed E-state index contributed by atoms with van der Waals surface area (Å²) in [7, 11) is 1.68. The average molecular weight is 365 g/mol. The zero-order chi connectivity index (χ0) is 17.0. The Bertz CT molecular complexity index is 617. The van der Waals surface area contributed by atoms with Crippen LogP contribution in [-0.2, 0) is 6.54 Å². The van der Waals surface area contributed by atoms with Crippen LogP contribution in [0.3, 0.4) is 0 Å². The van der Waals surface area contributed by atoms with Crippen molar-refractivity contribution in [2.24, 2.45) is 4.99 Å². The summed E-state index contributed by atoms with van der Waals surface area (Å²) >= 11 is 3.49. The number of rotatable bonds is 9. The van der Waals surface area contributed by atoms with Gasteiger partial charge in [-0.15, -0.1) is 11.3 Å². The molecule has 24 heavy (non-hydrogen) atoms. The second-order valence-electron chi connectivity index (χ2n) is 4.97. The molecule has 2 rings (SSSR count). The molecule has 0 aliphatic heterocycles. The van der Waals surface area contributed by atoms with Crippen LogP contribution in [0.4, 0.5) is 0 Å². The third kappa shape index (κ3) is 6.80. The van der Waals surface area contributed by atoms with Crippen molar-refractivity contribution in [2.75, 3.05) is 26.0 Å². The average Bonchev–Trinajstić information content (AvgIpc) is 3.13. The van der Waals surface area contributed by atoms with Crippen LogP contribution < -0.4 is 15.4 Å². The first-order chi connectivity index (χ1) is 11.8. The standard InChI is InChI=1S/C17H24N4OS2/c1-3-18-16(19-8-5-10-23-17-20-9-11-24-17)21-13-14-6-4-7-15(12-14)22-2/h4,6-7,9,11-12H,3,5,8,10,13H2,1-2H3,(H2,18,19,21). The van der Waals surface area contributed by atoms with E-state index in [0.717, 1.165) is 46.9 Å². The number of hydrogen-bond donors (Lipinski definition) is 2. The highest BCUT2D eigenvalue weighted by Crippen LogP contribution is 2.20. The molecule has 1 heterocycles. The van der Waals surface area contributed by atoms with E-state index in [1.165, 1.54) is 0 Å². The summed E-state index contributed by atoms with van der Waals surface area (Å²) in [5.41, 5.74) is 1.13. The third-order valence-electron chi connectivity index (χ3n) is 3.15. The Labute approximate surface area is 151 Å². The first-order valence-corrected chi connectivity index (χ1v) is 9.85. The number of aromatic nitrogens is 1. The van der Waals surface area contributed by atoms with Gasteiger partial charge in [-0.3, -0.25) is 0 Å². The molecule has 1 aromatic carbocycles. The summed E-state index contributed by atoms with van der Waals surface area (Å²) < 4.78 is 6.38. The van der Waals surface area contributed by atoms with Crippen LogP contribution in [0.1, 0.15) is 18.9 Å². The molecule has 130 valence electrons. The molecular weight excluding hydrogens is 340 g/mol. The van der Waals surface area contributed by atoms with Gasteiger partial charge in [0.1, 0.15) is 10.1 Å². The van der Waals surface area contributed by atoms with Gasteiger partial charge in [-0.25, -0.2) is 9.98 Å². The summed E-state index contributed by atoms with van der Waals surface area (Å²) in [6, 6.07) is 7.99. The molecule has 0 spiro atoms. The quantitative estimate of drug-likeness (QED) is 0.309. The van der Waals surface area contributed by atoms with E-state index >= 15 is 0 Å². The SMILES string of the molecule is CCNC(=NCc1cccc(OC)c1)NCCCSc1nccs1. The molecule has 0 amide bonds. The molecule has 1 aromatic heterocycles. The summed E-state index contributed by atoms with van der Waals surface area (Å²) in [4.78, 5) is 8.90. The highest BCUT2D eigenvalue weighted by Gasteiger charge is 2.00. The van der Waals surface area contributed by atoms with Crippen molar-refractivity contribution in [3.8, 4) is 5.75 Å². The van der Waals surface area contributed by atoms with Crippen molar-refractivity contribution in [3.63, 3.8) is 0 Å². The van der Waals surface area contributed by atoms with E-state index in [2.05, 4.69) is 33.6 Å². The molecule has 5 nitrogen and oxygen atoms in total. The molecule has 0 fully saturated rings. The fourth-order valence-corrected chi connectivity index (χ4v) is 3.65. The van der Waals surface area contributed by atoms with E-state index in [0.29, 0.717) is 6.54 Å². The Morgan fingerprint density at radius 1 is 1.38 bits per heavy atom. The van der Waals surface area contributed by atoms with Gasteiger partial charge in [0, 0.05) is 30.4 Å². The number of aliphatic imine (C=N–C) groups is 1. The predicted octanol–water partition coefficient (Wildman–Crippen LogP) is 3.39. The zero-order valence-electron chi connectivity index (χ0n) is 14.1. The summed E-state index contributed by atoms with van der Waals surface area (Å²) in [6.45, 7) is 4.43.